The van der Waals surface area contributed by atoms with Gasteiger partial charge in [-0.15, -0.1) is 0 Å². The third kappa shape index (κ3) is 3.76. The van der Waals surface area contributed by atoms with E-state index in [0.717, 1.165) is 38.3 Å². The summed E-state index contributed by atoms with van der Waals surface area (Å²) in [6.07, 6.45) is 0. The lowest BCUT2D eigenvalue weighted by Crippen LogP contribution is -2.00. The van der Waals surface area contributed by atoms with Crippen LogP contribution >= 0.6 is 0 Å². The average molecular weight is 570 g/mol. The molecule has 0 bridgehead atoms. The summed E-state index contributed by atoms with van der Waals surface area (Å²) in [7, 11) is 0. The lowest BCUT2D eigenvalue weighted by Gasteiger charge is -2.09. The summed E-state index contributed by atoms with van der Waals surface area (Å²) >= 11 is 0. The Hall–Kier alpha value is -6.07. The van der Waals surface area contributed by atoms with Gasteiger partial charge >= 0.3 is 0 Å². The van der Waals surface area contributed by atoms with Crippen LogP contribution in [-0.4, -0.2) is 19.5 Å². The van der Waals surface area contributed by atoms with Gasteiger partial charge < -0.3 is 8.98 Å². The molecule has 3 heterocycles. The molecule has 206 valence electrons. The highest BCUT2D eigenvalue weighted by atomic mass is 16.3. The van der Waals surface area contributed by atoms with Gasteiger partial charge in [0.05, 0.1) is 29.1 Å². The Labute approximate surface area is 259 Å². The molecule has 0 fully saturated rings. The first-order valence-electron chi connectivity index (χ1n) is 16.7. The monoisotopic (exact) mass is 569 g/mol. The molecule has 0 amide bonds. The molecule has 0 aliphatic carbocycles. The SMILES string of the molecule is [2H]c1c([2H])c([2H])c(-c2nc(-c3ccccc3)nc(-c3cccc4c3oc3c(-n5c6ccccc6c6ccccc65)cccc34)n2)c([2H])c1[2H]. The van der Waals surface area contributed by atoms with Crippen molar-refractivity contribution in [2.24, 2.45) is 0 Å². The van der Waals surface area contributed by atoms with Crippen LogP contribution in [0.4, 0.5) is 0 Å². The van der Waals surface area contributed by atoms with Crippen LogP contribution in [0.5, 0.6) is 0 Å². The third-order valence-corrected chi connectivity index (χ3v) is 7.96. The highest BCUT2D eigenvalue weighted by Gasteiger charge is 2.21. The molecule has 0 saturated carbocycles. The van der Waals surface area contributed by atoms with E-state index in [1.807, 2.05) is 84.9 Å². The minimum Gasteiger partial charge on any atom is -0.453 e. The molecule has 0 unspecified atom stereocenters. The molecule has 0 saturated heterocycles. The molecule has 6 aromatic carbocycles. The maximum absolute atomic E-state index is 8.64. The number of aromatic nitrogens is 4. The van der Waals surface area contributed by atoms with Gasteiger partial charge in [0.25, 0.3) is 0 Å². The predicted molar refractivity (Wildman–Crippen MR) is 178 cm³/mol. The van der Waals surface area contributed by atoms with Gasteiger partial charge in [0, 0.05) is 32.7 Å². The van der Waals surface area contributed by atoms with E-state index >= 15 is 0 Å². The van der Waals surface area contributed by atoms with Crippen LogP contribution in [0.2, 0.25) is 0 Å². The van der Waals surface area contributed by atoms with Crippen molar-refractivity contribution in [3.63, 3.8) is 0 Å². The fraction of sp³-hybridized carbons (Fsp3) is 0. The van der Waals surface area contributed by atoms with Crippen molar-refractivity contribution in [1.29, 1.82) is 0 Å². The minimum atomic E-state index is -0.484. The molecule has 0 aliphatic heterocycles. The first-order valence-corrected chi connectivity index (χ1v) is 14.2. The molecular weight excluding hydrogens is 540 g/mol. The number of furan rings is 1. The van der Waals surface area contributed by atoms with Crippen molar-refractivity contribution in [3.05, 3.63) is 145 Å². The van der Waals surface area contributed by atoms with Gasteiger partial charge in [0.2, 0.25) is 0 Å². The molecule has 9 aromatic rings. The Bertz CT molecular complexity index is 2710. The Morgan fingerprint density at radius 1 is 0.477 bits per heavy atom. The van der Waals surface area contributed by atoms with Crippen molar-refractivity contribution >= 4 is 43.7 Å². The zero-order valence-electron chi connectivity index (χ0n) is 28.2. The summed E-state index contributed by atoms with van der Waals surface area (Å²) in [6, 6.07) is 35.6. The Balaban J connectivity index is 1.33. The van der Waals surface area contributed by atoms with Gasteiger partial charge in [0.15, 0.2) is 23.1 Å². The molecule has 9 rings (SSSR count). The second-order valence-corrected chi connectivity index (χ2v) is 10.5. The predicted octanol–water partition coefficient (Wildman–Crippen LogP) is 9.87. The van der Waals surface area contributed by atoms with E-state index in [2.05, 4.69) is 39.9 Å². The van der Waals surface area contributed by atoms with E-state index in [0.29, 0.717) is 28.1 Å². The zero-order valence-corrected chi connectivity index (χ0v) is 23.2. The van der Waals surface area contributed by atoms with Crippen molar-refractivity contribution in [2.45, 2.75) is 0 Å². The van der Waals surface area contributed by atoms with Crippen molar-refractivity contribution in [2.75, 3.05) is 0 Å². The molecule has 0 aliphatic rings. The van der Waals surface area contributed by atoms with Gasteiger partial charge in [-0.3, -0.25) is 0 Å². The summed E-state index contributed by atoms with van der Waals surface area (Å²) in [4.78, 5) is 14.2. The average Bonchev–Trinajstić information content (AvgIpc) is 3.70. The van der Waals surface area contributed by atoms with Gasteiger partial charge in [-0.25, -0.2) is 15.0 Å². The Morgan fingerprint density at radius 3 is 1.77 bits per heavy atom. The fourth-order valence-electron chi connectivity index (χ4n) is 6.03. The van der Waals surface area contributed by atoms with Crippen molar-refractivity contribution in [3.8, 4) is 39.9 Å². The Kier molecular flexibility index (Phi) is 4.42. The number of para-hydroxylation sites is 4. The molecule has 0 N–H and O–H groups in total. The number of rotatable bonds is 4. The summed E-state index contributed by atoms with van der Waals surface area (Å²) in [5, 5.41) is 4.07. The smallest absolute Gasteiger partial charge is 0.167 e. The highest BCUT2D eigenvalue weighted by Crippen LogP contribution is 2.40. The second-order valence-electron chi connectivity index (χ2n) is 10.5. The number of nitrogens with zero attached hydrogens (tertiary/aromatic N) is 4. The van der Waals surface area contributed by atoms with Gasteiger partial charge in [-0.05, 0) is 24.3 Å². The second kappa shape index (κ2) is 9.75. The van der Waals surface area contributed by atoms with Crippen LogP contribution < -0.4 is 0 Å². The summed E-state index contributed by atoms with van der Waals surface area (Å²) < 4.78 is 50.9. The van der Waals surface area contributed by atoms with Gasteiger partial charge in [-0.2, -0.15) is 0 Å². The molecule has 0 radical (unpaired) electrons. The van der Waals surface area contributed by atoms with E-state index in [9.17, 15) is 0 Å². The molecule has 5 heteroatoms. The maximum Gasteiger partial charge on any atom is 0.167 e. The lowest BCUT2D eigenvalue weighted by atomic mass is 10.1. The number of hydrogen-bond donors (Lipinski definition) is 0. The first kappa shape index (κ1) is 19.9. The van der Waals surface area contributed by atoms with E-state index in [4.69, 9.17) is 21.2 Å². The minimum absolute atomic E-state index is 0.0278. The van der Waals surface area contributed by atoms with Gasteiger partial charge in [0.1, 0.15) is 5.58 Å². The largest absolute Gasteiger partial charge is 0.453 e. The molecule has 5 nitrogen and oxygen atoms in total. The maximum atomic E-state index is 8.64. The first-order chi connectivity index (χ1) is 23.9. The van der Waals surface area contributed by atoms with E-state index < -0.39 is 18.1 Å². The standard InChI is InChI=1S/C39H24N4O/c1-3-13-25(14-4-1)37-40-38(26-15-5-2-6-16-26)42-39(41-37)31-21-11-19-29-30-20-12-24-34(36(30)44-35(29)31)43-32-22-9-7-17-27(32)28-18-8-10-23-33(28)43/h1-24H/i1D,3D,4D,13D,14D. The van der Waals surface area contributed by atoms with Crippen LogP contribution in [0.1, 0.15) is 6.85 Å². The van der Waals surface area contributed by atoms with E-state index in [-0.39, 0.29) is 29.3 Å². The highest BCUT2D eigenvalue weighted by molar-refractivity contribution is 6.14. The van der Waals surface area contributed by atoms with Crippen LogP contribution in [0.25, 0.3) is 83.6 Å². The van der Waals surface area contributed by atoms with Crippen LogP contribution in [0.15, 0.2) is 150 Å². The molecule has 3 aromatic heterocycles. The summed E-state index contributed by atoms with van der Waals surface area (Å²) in [5.74, 6) is 0.519. The molecule has 0 spiro atoms. The number of benzene rings is 6. The van der Waals surface area contributed by atoms with Crippen LogP contribution in [0, 0.1) is 0 Å². The van der Waals surface area contributed by atoms with Crippen molar-refractivity contribution in [1.82, 2.24) is 19.5 Å². The Morgan fingerprint density at radius 2 is 1.05 bits per heavy atom. The van der Waals surface area contributed by atoms with Crippen LogP contribution in [-0.2, 0) is 0 Å². The van der Waals surface area contributed by atoms with E-state index in [1.54, 1.807) is 0 Å². The zero-order chi connectivity index (χ0) is 33.4. The third-order valence-electron chi connectivity index (χ3n) is 7.96. The number of fused-ring (bicyclic) bond motifs is 6. The van der Waals surface area contributed by atoms with Crippen molar-refractivity contribution < 1.29 is 11.3 Å². The lowest BCUT2D eigenvalue weighted by molar-refractivity contribution is 0.667. The van der Waals surface area contributed by atoms with Gasteiger partial charge in [-0.1, -0.05) is 121 Å². The molecule has 0 atom stereocenters. The van der Waals surface area contributed by atoms with Crippen LogP contribution in [0.3, 0.4) is 0 Å². The fourth-order valence-corrected chi connectivity index (χ4v) is 6.03. The summed E-state index contributed by atoms with van der Waals surface area (Å²) in [5.41, 5.74) is 5.42. The van der Waals surface area contributed by atoms with E-state index in [1.165, 1.54) is 0 Å². The molecule has 44 heavy (non-hydrogen) atoms. The normalized spacial score (nSPS) is 13.2. The summed E-state index contributed by atoms with van der Waals surface area (Å²) in [6.45, 7) is 0. The quantitative estimate of drug-likeness (QED) is 0.212. The molecular formula is C39H24N4O. The topological polar surface area (TPSA) is 56.7 Å². The number of hydrogen-bond acceptors (Lipinski definition) is 4.